The molecule has 6 nitrogen and oxygen atoms in total. The van der Waals surface area contributed by atoms with Crippen LogP contribution in [0.1, 0.15) is 28.8 Å². The lowest BCUT2D eigenvalue weighted by Crippen LogP contribution is -2.20. The predicted molar refractivity (Wildman–Crippen MR) is 93.1 cm³/mol. The molecule has 0 bridgehead atoms. The molecule has 0 fully saturated rings. The van der Waals surface area contributed by atoms with Crippen LogP contribution in [0.5, 0.6) is 5.75 Å². The summed E-state index contributed by atoms with van der Waals surface area (Å²) in [6.45, 7) is 0. The van der Waals surface area contributed by atoms with Crippen LogP contribution in [0.15, 0.2) is 58.1 Å². The number of nitrogens with one attached hydrogen (secondary N) is 1. The maximum atomic E-state index is 12.1. The van der Waals surface area contributed by atoms with Gasteiger partial charge in [0, 0.05) is 10.9 Å². The van der Waals surface area contributed by atoms with Gasteiger partial charge < -0.3 is 10.2 Å². The van der Waals surface area contributed by atoms with Gasteiger partial charge >= 0.3 is 5.97 Å². The number of nitrogens with zero attached hydrogens (tertiary/aromatic N) is 1. The van der Waals surface area contributed by atoms with Crippen molar-refractivity contribution < 1.29 is 19.8 Å². The smallest absolute Gasteiger partial charge is 0.303 e. The highest BCUT2D eigenvalue weighted by molar-refractivity contribution is 9.10. The number of carbonyl (C=O) groups is 2. The summed E-state index contributed by atoms with van der Waals surface area (Å²) >= 11 is 3.33. The number of phenolic OH excluding ortho intramolecular Hbond substituents is 1. The molecule has 0 aliphatic rings. The van der Waals surface area contributed by atoms with E-state index in [0.29, 0.717) is 11.3 Å². The van der Waals surface area contributed by atoms with E-state index < -0.39 is 11.9 Å². The van der Waals surface area contributed by atoms with E-state index in [2.05, 4.69) is 26.5 Å². The molecular formula is C17H15BrN2O4. The van der Waals surface area contributed by atoms with Crippen LogP contribution in [0.4, 0.5) is 0 Å². The molecule has 2 aromatic carbocycles. The van der Waals surface area contributed by atoms with Gasteiger partial charge in [0.15, 0.2) is 0 Å². The third kappa shape index (κ3) is 4.92. The second-order valence-corrected chi connectivity index (χ2v) is 5.83. The van der Waals surface area contributed by atoms with Crippen LogP contribution in [0.2, 0.25) is 0 Å². The lowest BCUT2D eigenvalue weighted by atomic mass is 10.1. The molecule has 0 saturated carbocycles. The Kier molecular flexibility index (Phi) is 6.08. The van der Waals surface area contributed by atoms with E-state index in [4.69, 9.17) is 5.11 Å². The van der Waals surface area contributed by atoms with Crippen LogP contribution >= 0.6 is 15.9 Å². The zero-order valence-electron chi connectivity index (χ0n) is 12.6. The number of benzene rings is 2. The second-order valence-electron chi connectivity index (χ2n) is 4.92. The molecule has 2 rings (SSSR count). The minimum atomic E-state index is -0.952. The lowest BCUT2D eigenvalue weighted by molar-refractivity contribution is -0.136. The molecule has 0 saturated heterocycles. The fourth-order valence-corrected chi connectivity index (χ4v) is 2.24. The minimum Gasteiger partial charge on any atom is -0.507 e. The van der Waals surface area contributed by atoms with E-state index in [1.807, 2.05) is 0 Å². The number of aliphatic carboxylic acids is 1. The molecule has 0 heterocycles. The van der Waals surface area contributed by atoms with E-state index >= 15 is 0 Å². The molecule has 124 valence electrons. The van der Waals surface area contributed by atoms with Crippen molar-refractivity contribution in [1.82, 2.24) is 5.43 Å². The third-order valence-corrected chi connectivity index (χ3v) is 3.72. The van der Waals surface area contributed by atoms with E-state index in [1.54, 1.807) is 36.4 Å². The topological polar surface area (TPSA) is 99.0 Å². The van der Waals surface area contributed by atoms with Crippen molar-refractivity contribution in [2.75, 3.05) is 0 Å². The summed E-state index contributed by atoms with van der Waals surface area (Å²) in [6, 6.07) is 13.3. The minimum absolute atomic E-state index is 0.0923. The largest absolute Gasteiger partial charge is 0.507 e. The first-order valence-corrected chi connectivity index (χ1v) is 7.89. The van der Waals surface area contributed by atoms with E-state index in [9.17, 15) is 14.7 Å². The number of carboxylic acids is 1. The van der Waals surface area contributed by atoms with Crippen molar-refractivity contribution in [3.8, 4) is 5.75 Å². The van der Waals surface area contributed by atoms with E-state index in [0.717, 1.165) is 4.47 Å². The number of carbonyl (C=O) groups excluding carboxylic acids is 1. The van der Waals surface area contributed by atoms with Gasteiger partial charge in [-0.15, -0.1) is 0 Å². The number of aromatic hydroxyl groups is 1. The molecule has 3 N–H and O–H groups in total. The van der Waals surface area contributed by atoms with Gasteiger partial charge in [0.05, 0.1) is 17.7 Å². The zero-order valence-corrected chi connectivity index (χ0v) is 14.2. The average Bonchev–Trinajstić information content (AvgIpc) is 2.56. The van der Waals surface area contributed by atoms with Gasteiger partial charge in [-0.05, 0) is 29.8 Å². The Morgan fingerprint density at radius 1 is 1.04 bits per heavy atom. The van der Waals surface area contributed by atoms with Gasteiger partial charge in [-0.3, -0.25) is 9.59 Å². The second kappa shape index (κ2) is 8.26. The Bertz CT molecular complexity index is 772. The number of hydrazone groups is 1. The van der Waals surface area contributed by atoms with Crippen molar-refractivity contribution in [3.63, 3.8) is 0 Å². The van der Waals surface area contributed by atoms with Gasteiger partial charge in [0.25, 0.3) is 5.91 Å². The fourth-order valence-electron chi connectivity index (χ4n) is 1.98. The molecule has 0 radical (unpaired) electrons. The Morgan fingerprint density at radius 3 is 2.33 bits per heavy atom. The van der Waals surface area contributed by atoms with Crippen LogP contribution in [-0.2, 0) is 4.79 Å². The van der Waals surface area contributed by atoms with Crippen LogP contribution in [0.3, 0.4) is 0 Å². The van der Waals surface area contributed by atoms with E-state index in [-0.39, 0.29) is 24.2 Å². The fraction of sp³-hybridized carbons (Fsp3) is 0.118. The normalized spacial score (nSPS) is 11.1. The summed E-state index contributed by atoms with van der Waals surface area (Å²) in [7, 11) is 0. The number of halogens is 1. The maximum Gasteiger partial charge on any atom is 0.303 e. The molecule has 0 aromatic heterocycles. The number of hydrogen-bond donors (Lipinski definition) is 3. The van der Waals surface area contributed by atoms with Gasteiger partial charge in [0.1, 0.15) is 5.75 Å². The van der Waals surface area contributed by atoms with Gasteiger partial charge in [-0.1, -0.05) is 40.2 Å². The number of amides is 1. The average molecular weight is 391 g/mol. The first-order valence-electron chi connectivity index (χ1n) is 7.10. The number of hydrogen-bond acceptors (Lipinski definition) is 4. The molecule has 2 aromatic rings. The Labute approximate surface area is 147 Å². The molecule has 0 aliphatic carbocycles. The van der Waals surface area contributed by atoms with Crippen molar-refractivity contribution in [2.24, 2.45) is 5.10 Å². The summed E-state index contributed by atoms with van der Waals surface area (Å²) in [5, 5.41) is 22.6. The van der Waals surface area contributed by atoms with Gasteiger partial charge in [0.2, 0.25) is 0 Å². The molecule has 24 heavy (non-hydrogen) atoms. The monoisotopic (exact) mass is 390 g/mol. The van der Waals surface area contributed by atoms with Crippen LogP contribution in [-0.4, -0.2) is 27.8 Å². The maximum absolute atomic E-state index is 12.1. The molecule has 0 atom stereocenters. The number of rotatable bonds is 6. The molecule has 0 unspecified atom stereocenters. The molecular weight excluding hydrogens is 376 g/mol. The Morgan fingerprint density at radius 2 is 1.71 bits per heavy atom. The molecule has 0 aliphatic heterocycles. The summed E-state index contributed by atoms with van der Waals surface area (Å²) < 4.78 is 0.877. The summed E-state index contributed by atoms with van der Waals surface area (Å²) in [5.41, 5.74) is 3.60. The predicted octanol–water partition coefficient (Wildman–Crippen LogP) is 3.15. The lowest BCUT2D eigenvalue weighted by Gasteiger charge is -2.07. The standard InChI is InChI=1S/C17H15BrN2O4/c18-12-7-5-11(6-8-12)14(9-10-16(22)23)19-20-17(24)13-3-1-2-4-15(13)21/h1-8,21H,9-10H2,(H,20,24)(H,22,23)/b19-14-. The number of carboxylic acid groups (broad SMARTS) is 1. The van der Waals surface area contributed by atoms with Crippen LogP contribution in [0, 0.1) is 0 Å². The SMILES string of the molecule is O=C(O)CC/C(=N/NC(=O)c1ccccc1O)c1ccc(Br)cc1. The highest BCUT2D eigenvalue weighted by atomic mass is 79.9. The first kappa shape index (κ1) is 17.7. The van der Waals surface area contributed by atoms with Crippen LogP contribution < -0.4 is 5.43 Å². The van der Waals surface area contributed by atoms with Crippen LogP contribution in [0.25, 0.3) is 0 Å². The van der Waals surface area contributed by atoms with Gasteiger partial charge in [-0.2, -0.15) is 5.10 Å². The number of phenols is 1. The molecule has 0 spiro atoms. The molecule has 7 heteroatoms. The Hall–Kier alpha value is -2.67. The Balaban J connectivity index is 2.21. The summed E-state index contributed by atoms with van der Waals surface area (Å²) in [4.78, 5) is 22.9. The van der Waals surface area contributed by atoms with Crippen molar-refractivity contribution in [2.45, 2.75) is 12.8 Å². The summed E-state index contributed by atoms with van der Waals surface area (Å²) in [6.07, 6.45) is 0.0549. The highest BCUT2D eigenvalue weighted by Gasteiger charge is 2.11. The first-order chi connectivity index (χ1) is 11.5. The highest BCUT2D eigenvalue weighted by Crippen LogP contribution is 2.16. The number of para-hydroxylation sites is 1. The van der Waals surface area contributed by atoms with Crippen molar-refractivity contribution >= 4 is 33.5 Å². The van der Waals surface area contributed by atoms with Crippen molar-refractivity contribution in [3.05, 3.63) is 64.1 Å². The summed E-state index contributed by atoms with van der Waals surface area (Å²) in [5.74, 6) is -1.68. The van der Waals surface area contributed by atoms with Crippen molar-refractivity contribution in [1.29, 1.82) is 0 Å². The van der Waals surface area contributed by atoms with E-state index in [1.165, 1.54) is 12.1 Å². The molecule has 1 amide bonds. The zero-order chi connectivity index (χ0) is 17.5. The third-order valence-electron chi connectivity index (χ3n) is 3.19. The quantitative estimate of drug-likeness (QED) is 0.520. The van der Waals surface area contributed by atoms with Gasteiger partial charge in [-0.25, -0.2) is 5.43 Å².